The number of thiophene rings is 1. The van der Waals surface area contributed by atoms with Crippen LogP contribution in [0.15, 0.2) is 168 Å². The van der Waals surface area contributed by atoms with Gasteiger partial charge in [0.05, 0.1) is 22.4 Å². The highest BCUT2D eigenvalue weighted by molar-refractivity contribution is 7.25. The first-order chi connectivity index (χ1) is 26.3. The summed E-state index contributed by atoms with van der Waals surface area (Å²) in [6, 6.07) is 58.1. The van der Waals surface area contributed by atoms with Gasteiger partial charge in [0.2, 0.25) is 0 Å². The molecule has 12 rings (SSSR count). The molecule has 0 aliphatic heterocycles. The molecule has 8 aromatic carbocycles. The summed E-state index contributed by atoms with van der Waals surface area (Å²) < 4.78 is 10.5. The van der Waals surface area contributed by atoms with Crippen LogP contribution in [0.1, 0.15) is 0 Å². The maximum Gasteiger partial charge on any atom is 0.162 e. The molecule has 5 heteroatoms. The van der Waals surface area contributed by atoms with Crippen LogP contribution < -0.4 is 0 Å². The lowest BCUT2D eigenvalue weighted by Crippen LogP contribution is -1.95. The molecule has 0 spiro atoms. The first-order valence-electron chi connectivity index (χ1n) is 17.8. The molecule has 0 aliphatic rings. The molecule has 0 unspecified atom stereocenters. The second kappa shape index (κ2) is 10.8. The van der Waals surface area contributed by atoms with Crippen molar-refractivity contribution in [3.8, 4) is 28.3 Å². The van der Waals surface area contributed by atoms with E-state index in [1.165, 1.54) is 42.4 Å². The van der Waals surface area contributed by atoms with Gasteiger partial charge in [0.1, 0.15) is 10.4 Å². The van der Waals surface area contributed by atoms with Gasteiger partial charge in [-0.3, -0.25) is 0 Å². The van der Waals surface area contributed by atoms with E-state index >= 15 is 0 Å². The third-order valence-corrected chi connectivity index (χ3v) is 11.9. The Morgan fingerprint density at radius 3 is 1.87 bits per heavy atom. The van der Waals surface area contributed by atoms with Crippen molar-refractivity contribution in [2.45, 2.75) is 0 Å². The van der Waals surface area contributed by atoms with Crippen molar-refractivity contribution in [1.29, 1.82) is 0 Å². The van der Waals surface area contributed by atoms with Crippen LogP contribution >= 0.6 is 11.3 Å². The Morgan fingerprint density at radius 1 is 0.472 bits per heavy atom. The summed E-state index contributed by atoms with van der Waals surface area (Å²) >= 11 is 1.72. The molecule has 0 aliphatic carbocycles. The minimum atomic E-state index is 0.691. The van der Waals surface area contributed by atoms with Crippen molar-refractivity contribution in [2.24, 2.45) is 0 Å². The number of para-hydroxylation sites is 1. The molecule has 0 radical (unpaired) electrons. The summed E-state index contributed by atoms with van der Waals surface area (Å²) in [7, 11) is 0. The second-order valence-corrected chi connectivity index (χ2v) is 14.7. The van der Waals surface area contributed by atoms with Crippen molar-refractivity contribution < 1.29 is 4.42 Å². The highest BCUT2D eigenvalue weighted by atomic mass is 32.1. The van der Waals surface area contributed by atoms with Gasteiger partial charge in [-0.2, -0.15) is 0 Å². The number of aromatic nitrogens is 3. The number of nitrogens with zero attached hydrogens (tertiary/aromatic N) is 3. The maximum atomic E-state index is 6.92. The van der Waals surface area contributed by atoms with E-state index in [0.29, 0.717) is 5.82 Å². The Morgan fingerprint density at radius 2 is 1.11 bits per heavy atom. The van der Waals surface area contributed by atoms with Gasteiger partial charge in [0, 0.05) is 48.1 Å². The first-order valence-corrected chi connectivity index (χ1v) is 18.7. The van der Waals surface area contributed by atoms with Crippen LogP contribution in [0, 0.1) is 0 Å². The predicted molar refractivity (Wildman–Crippen MR) is 222 cm³/mol. The summed E-state index contributed by atoms with van der Waals surface area (Å²) in [6.07, 6.45) is 0. The lowest BCUT2D eigenvalue weighted by Gasteiger charge is -2.10. The zero-order chi connectivity index (χ0) is 34.6. The standard InChI is InChI=1S/C48H27N3OS/c1-2-14-30(15-3-1)45-44-33-18-8-9-23-40(33)53-48(44)50-47(49-45)35-20-11-22-39-41(35)34-19-10-21-38(46(34)52-39)51-36-26-24-28-12-4-6-16-31(28)42(36)43-32-17-7-5-13-29(32)25-27-37(43)51/h1-27H. The number of hydrogen-bond acceptors (Lipinski definition) is 4. The smallest absolute Gasteiger partial charge is 0.162 e. The van der Waals surface area contributed by atoms with Crippen LogP contribution in [-0.2, 0) is 0 Å². The van der Waals surface area contributed by atoms with Crippen molar-refractivity contribution in [3.63, 3.8) is 0 Å². The van der Waals surface area contributed by atoms with Gasteiger partial charge >= 0.3 is 0 Å². The van der Waals surface area contributed by atoms with E-state index in [0.717, 1.165) is 65.7 Å². The molecule has 246 valence electrons. The fourth-order valence-corrected chi connectivity index (χ4v) is 9.63. The summed E-state index contributed by atoms with van der Waals surface area (Å²) in [6.45, 7) is 0. The summed E-state index contributed by atoms with van der Waals surface area (Å²) in [5.74, 6) is 0.691. The summed E-state index contributed by atoms with van der Waals surface area (Å²) in [4.78, 5) is 11.6. The van der Waals surface area contributed by atoms with E-state index < -0.39 is 0 Å². The van der Waals surface area contributed by atoms with Gasteiger partial charge in [-0.05, 0) is 51.9 Å². The Balaban J connectivity index is 1.17. The lowest BCUT2D eigenvalue weighted by atomic mass is 10.00. The fourth-order valence-electron chi connectivity index (χ4n) is 8.55. The largest absolute Gasteiger partial charge is 0.454 e. The van der Waals surface area contributed by atoms with Crippen molar-refractivity contribution in [2.75, 3.05) is 0 Å². The zero-order valence-corrected chi connectivity index (χ0v) is 29.1. The molecule has 0 fully saturated rings. The van der Waals surface area contributed by atoms with Crippen LogP contribution in [0.5, 0.6) is 0 Å². The molecule has 4 heterocycles. The molecule has 4 nitrogen and oxygen atoms in total. The number of hydrogen-bond donors (Lipinski definition) is 0. The Labute approximate surface area is 306 Å². The molecule has 0 saturated heterocycles. The predicted octanol–water partition coefficient (Wildman–Crippen LogP) is 13.5. The quantitative estimate of drug-likeness (QED) is 0.185. The molecular weight excluding hydrogens is 667 g/mol. The number of fused-ring (bicyclic) bond motifs is 13. The van der Waals surface area contributed by atoms with Gasteiger partial charge in [-0.1, -0.05) is 133 Å². The maximum absolute atomic E-state index is 6.92. The summed E-state index contributed by atoms with van der Waals surface area (Å²) in [5.41, 5.74) is 7.91. The van der Waals surface area contributed by atoms with E-state index in [-0.39, 0.29) is 0 Å². The Hall–Kier alpha value is -6.82. The van der Waals surface area contributed by atoms with Crippen LogP contribution in [0.4, 0.5) is 0 Å². The zero-order valence-electron chi connectivity index (χ0n) is 28.2. The number of furan rings is 1. The summed E-state index contributed by atoms with van der Waals surface area (Å²) in [5, 5.41) is 11.8. The Kier molecular flexibility index (Phi) is 5.90. The van der Waals surface area contributed by atoms with Gasteiger partial charge in [0.15, 0.2) is 11.4 Å². The van der Waals surface area contributed by atoms with Crippen LogP contribution in [0.2, 0.25) is 0 Å². The first kappa shape index (κ1) is 28.8. The van der Waals surface area contributed by atoms with Crippen molar-refractivity contribution in [3.05, 3.63) is 164 Å². The monoisotopic (exact) mass is 693 g/mol. The fraction of sp³-hybridized carbons (Fsp3) is 0. The highest BCUT2D eigenvalue weighted by Crippen LogP contribution is 2.45. The Bertz CT molecular complexity index is 3370. The van der Waals surface area contributed by atoms with Crippen molar-refractivity contribution in [1.82, 2.24) is 14.5 Å². The topological polar surface area (TPSA) is 43.9 Å². The molecule has 0 atom stereocenters. The molecule has 4 aromatic heterocycles. The molecular formula is C48H27N3OS. The lowest BCUT2D eigenvalue weighted by molar-refractivity contribution is 0.666. The minimum Gasteiger partial charge on any atom is -0.454 e. The van der Waals surface area contributed by atoms with Gasteiger partial charge < -0.3 is 8.98 Å². The normalized spacial score (nSPS) is 12.2. The van der Waals surface area contributed by atoms with Crippen molar-refractivity contribution >= 4 is 96.9 Å². The van der Waals surface area contributed by atoms with Crippen LogP contribution in [-0.4, -0.2) is 14.5 Å². The molecule has 12 aromatic rings. The molecule has 0 bridgehead atoms. The van der Waals surface area contributed by atoms with E-state index in [4.69, 9.17) is 14.4 Å². The van der Waals surface area contributed by atoms with Gasteiger partial charge in [0.25, 0.3) is 0 Å². The van der Waals surface area contributed by atoms with E-state index in [9.17, 15) is 0 Å². The average molecular weight is 694 g/mol. The molecule has 0 saturated carbocycles. The average Bonchev–Trinajstić information content (AvgIpc) is 3.90. The van der Waals surface area contributed by atoms with E-state index in [1.54, 1.807) is 11.3 Å². The number of benzene rings is 8. The van der Waals surface area contributed by atoms with Gasteiger partial charge in [-0.25, -0.2) is 9.97 Å². The third kappa shape index (κ3) is 4.05. The SMILES string of the molecule is c1ccc(-c2nc(-c3cccc4oc5c(-n6c7ccc8ccccc8c7c7c8ccccc8ccc76)cccc5c34)nc3sc4ccccc4c23)cc1. The van der Waals surface area contributed by atoms with E-state index in [1.807, 2.05) is 6.07 Å². The highest BCUT2D eigenvalue weighted by Gasteiger charge is 2.23. The third-order valence-electron chi connectivity index (χ3n) is 10.8. The molecule has 0 N–H and O–H groups in total. The van der Waals surface area contributed by atoms with E-state index in [2.05, 4.69) is 162 Å². The molecule has 0 amide bonds. The number of rotatable bonds is 3. The van der Waals surface area contributed by atoms with Crippen LogP contribution in [0.3, 0.4) is 0 Å². The minimum absolute atomic E-state index is 0.691. The second-order valence-electron chi connectivity index (χ2n) is 13.7. The van der Waals surface area contributed by atoms with Crippen LogP contribution in [0.25, 0.3) is 114 Å². The van der Waals surface area contributed by atoms with Gasteiger partial charge in [-0.15, -0.1) is 11.3 Å². The molecule has 53 heavy (non-hydrogen) atoms.